The second-order valence-electron chi connectivity index (χ2n) is 1.47. The molecular weight excluding hydrogens is 106 g/mol. The van der Waals surface area contributed by atoms with E-state index in [0.29, 0.717) is 5.89 Å². The van der Waals surface area contributed by atoms with Crippen LogP contribution in [0.4, 0.5) is 0 Å². The van der Waals surface area contributed by atoms with Gasteiger partial charge in [-0.05, 0) is 0 Å². The Labute approximate surface area is 44.8 Å². The van der Waals surface area contributed by atoms with Gasteiger partial charge in [0.05, 0.1) is 18.0 Å². The number of hydrogen-bond acceptors (Lipinski definition) is 3. The molecule has 0 aliphatic carbocycles. The van der Waals surface area contributed by atoms with Gasteiger partial charge in [-0.25, -0.2) is 5.16 Å². The van der Waals surface area contributed by atoms with E-state index in [1.165, 1.54) is 0 Å². The zero-order chi connectivity index (χ0) is 5.40. The molecule has 40 valence electrons. The molecule has 0 aromatic carbocycles. The van der Waals surface area contributed by atoms with Crippen molar-refractivity contribution in [1.29, 1.82) is 0 Å². The van der Waals surface area contributed by atoms with Gasteiger partial charge in [0.15, 0.2) is 0 Å². The van der Waals surface area contributed by atoms with Gasteiger partial charge in [0, 0.05) is 0 Å². The van der Waals surface area contributed by atoms with E-state index < -0.39 is 0 Å². The number of H-pyrrole nitrogens is 1. The molecule has 0 saturated heterocycles. The fraction of sp³-hybridized carbons (Fsp3) is 0. The van der Waals surface area contributed by atoms with Gasteiger partial charge in [0.2, 0.25) is 0 Å². The normalized spacial score (nSPS) is 10.5. The molecule has 2 rings (SSSR count). The molecule has 0 radical (unpaired) electrons. The average molecular weight is 109 g/mol. The lowest BCUT2D eigenvalue weighted by atomic mass is 10.4. The van der Waals surface area contributed by atoms with Crippen molar-refractivity contribution in [3.63, 3.8) is 0 Å². The third kappa shape index (κ3) is 0.294. The van der Waals surface area contributed by atoms with Crippen LogP contribution in [0.3, 0.4) is 0 Å². The number of aromatic nitrogens is 3. The van der Waals surface area contributed by atoms with Crippen molar-refractivity contribution in [2.75, 3.05) is 0 Å². The second kappa shape index (κ2) is 1.09. The lowest BCUT2D eigenvalue weighted by molar-refractivity contribution is 0.422. The van der Waals surface area contributed by atoms with E-state index in [9.17, 15) is 0 Å². The maximum absolute atomic E-state index is 4.76. The minimum Gasteiger partial charge on any atom is -0.360 e. The summed E-state index contributed by atoms with van der Waals surface area (Å²) in [5.41, 5.74) is 0.907. The average Bonchev–Trinajstić information content (AvgIpc) is 2.15. The maximum atomic E-state index is 4.76. The van der Waals surface area contributed by atoms with Crippen LogP contribution in [0.25, 0.3) is 11.5 Å². The Morgan fingerprint density at radius 1 is 1.62 bits per heavy atom. The van der Waals surface area contributed by atoms with Crippen molar-refractivity contribution >= 4 is 0 Å². The predicted molar refractivity (Wildman–Crippen MR) is 25.3 cm³/mol. The van der Waals surface area contributed by atoms with Crippen molar-refractivity contribution in [1.82, 2.24) is 15.4 Å². The van der Waals surface area contributed by atoms with E-state index in [1.54, 1.807) is 12.4 Å². The molecule has 4 heteroatoms. The first-order valence-electron chi connectivity index (χ1n) is 2.21. The Morgan fingerprint density at radius 3 is 3.50 bits per heavy atom. The fourth-order valence-corrected chi connectivity index (χ4v) is 0.584. The zero-order valence-electron chi connectivity index (χ0n) is 3.96. The lowest BCUT2D eigenvalue weighted by Crippen LogP contribution is -1.63. The van der Waals surface area contributed by atoms with E-state index >= 15 is 0 Å². The summed E-state index contributed by atoms with van der Waals surface area (Å²) >= 11 is 0. The standard InChI is InChI=1S/C4H3N3O/c1-3-2-6-8-4(3)7-5-1/h1-2,6H. The van der Waals surface area contributed by atoms with E-state index in [-0.39, 0.29) is 0 Å². The monoisotopic (exact) mass is 109 g/mol. The summed E-state index contributed by atoms with van der Waals surface area (Å²) in [5, 5.41) is 9.77. The van der Waals surface area contributed by atoms with Gasteiger partial charge in [-0.15, -0.1) is 5.10 Å². The van der Waals surface area contributed by atoms with Gasteiger partial charge in [0.25, 0.3) is 5.89 Å². The molecule has 0 bridgehead atoms. The van der Waals surface area contributed by atoms with Crippen molar-refractivity contribution in [2.45, 2.75) is 0 Å². The molecule has 0 aromatic heterocycles. The smallest absolute Gasteiger partial charge is 0.275 e. The molecule has 0 spiro atoms. The van der Waals surface area contributed by atoms with Crippen molar-refractivity contribution < 1.29 is 4.52 Å². The number of aromatic amines is 1. The summed E-state index contributed by atoms with van der Waals surface area (Å²) in [6, 6.07) is 0. The minimum atomic E-state index is 0.560. The van der Waals surface area contributed by atoms with Crippen LogP contribution in [0, 0.1) is 0 Å². The number of hydrogen-bond donors (Lipinski definition) is 1. The highest BCUT2D eigenvalue weighted by Gasteiger charge is 2.05. The molecule has 0 fully saturated rings. The number of nitrogens with one attached hydrogen (secondary N) is 1. The Morgan fingerprint density at radius 2 is 2.62 bits per heavy atom. The van der Waals surface area contributed by atoms with Crippen LogP contribution in [0.1, 0.15) is 0 Å². The summed E-state index contributed by atoms with van der Waals surface area (Å²) in [6.07, 6.45) is 3.34. The SMILES string of the molecule is c1nnc2o[nH]cc1-2. The van der Waals surface area contributed by atoms with Crippen LogP contribution in [0.15, 0.2) is 16.9 Å². The molecule has 2 heterocycles. The molecule has 1 N–H and O–H groups in total. The number of rotatable bonds is 0. The van der Waals surface area contributed by atoms with E-state index in [4.69, 9.17) is 4.52 Å². The number of fused-ring (bicyclic) bond motifs is 1. The fourth-order valence-electron chi connectivity index (χ4n) is 0.584. The van der Waals surface area contributed by atoms with Crippen LogP contribution in [0.5, 0.6) is 0 Å². The topological polar surface area (TPSA) is 54.7 Å². The highest BCUT2D eigenvalue weighted by Crippen LogP contribution is 2.14. The Kier molecular flexibility index (Phi) is 0.498. The van der Waals surface area contributed by atoms with E-state index in [0.717, 1.165) is 5.56 Å². The zero-order valence-corrected chi connectivity index (χ0v) is 3.96. The minimum absolute atomic E-state index is 0.560. The van der Waals surface area contributed by atoms with Crippen LogP contribution in [0.2, 0.25) is 0 Å². The van der Waals surface area contributed by atoms with E-state index in [1.807, 2.05) is 0 Å². The summed E-state index contributed by atoms with van der Waals surface area (Å²) in [5.74, 6) is 0.560. The van der Waals surface area contributed by atoms with Gasteiger partial charge in [-0.1, -0.05) is 0 Å². The number of nitrogens with zero attached hydrogens (tertiary/aromatic N) is 2. The Balaban J connectivity index is 2.84. The van der Waals surface area contributed by atoms with E-state index in [2.05, 4.69) is 15.4 Å². The predicted octanol–water partition coefficient (Wildman–Crippen LogP) is 0.502. The summed E-state index contributed by atoms with van der Waals surface area (Å²) in [7, 11) is 0. The first kappa shape index (κ1) is 3.65. The lowest BCUT2D eigenvalue weighted by Gasteiger charge is -1.69. The molecule has 0 unspecified atom stereocenters. The van der Waals surface area contributed by atoms with Crippen LogP contribution in [-0.2, 0) is 0 Å². The van der Waals surface area contributed by atoms with Gasteiger partial charge in [-0.3, -0.25) is 0 Å². The molecule has 2 aliphatic heterocycles. The molecule has 4 nitrogen and oxygen atoms in total. The van der Waals surface area contributed by atoms with Gasteiger partial charge < -0.3 is 4.52 Å². The van der Waals surface area contributed by atoms with Crippen LogP contribution in [-0.4, -0.2) is 15.4 Å². The Bertz CT molecular complexity index is 203. The molecule has 0 aromatic rings. The van der Waals surface area contributed by atoms with Gasteiger partial charge in [-0.2, -0.15) is 5.10 Å². The third-order valence-corrected chi connectivity index (χ3v) is 0.962. The molecular formula is C4H3N3O. The third-order valence-electron chi connectivity index (χ3n) is 0.962. The molecule has 8 heavy (non-hydrogen) atoms. The second-order valence-corrected chi connectivity index (χ2v) is 1.47. The summed E-state index contributed by atoms with van der Waals surface area (Å²) in [4.78, 5) is 0. The van der Waals surface area contributed by atoms with Crippen molar-refractivity contribution in [2.24, 2.45) is 0 Å². The van der Waals surface area contributed by atoms with Crippen molar-refractivity contribution in [3.8, 4) is 11.5 Å². The molecule has 0 saturated carbocycles. The van der Waals surface area contributed by atoms with Gasteiger partial charge >= 0.3 is 0 Å². The molecule has 2 aliphatic rings. The van der Waals surface area contributed by atoms with Crippen LogP contribution >= 0.6 is 0 Å². The van der Waals surface area contributed by atoms with Crippen LogP contribution < -0.4 is 0 Å². The maximum Gasteiger partial charge on any atom is 0.275 e. The highest BCUT2D eigenvalue weighted by atomic mass is 16.5. The summed E-state index contributed by atoms with van der Waals surface area (Å²) in [6.45, 7) is 0. The quantitative estimate of drug-likeness (QED) is 0.536. The van der Waals surface area contributed by atoms with Crippen molar-refractivity contribution in [3.05, 3.63) is 12.4 Å². The first-order valence-corrected chi connectivity index (χ1v) is 2.21. The molecule has 0 atom stereocenters. The highest BCUT2D eigenvalue weighted by molar-refractivity contribution is 5.49. The van der Waals surface area contributed by atoms with Gasteiger partial charge in [0.1, 0.15) is 0 Å². The first-order chi connectivity index (χ1) is 3.97. The largest absolute Gasteiger partial charge is 0.360 e. The molecule has 0 amide bonds. The summed E-state index contributed by atoms with van der Waals surface area (Å²) < 4.78 is 4.76. The Hall–Kier alpha value is -1.32.